The van der Waals surface area contributed by atoms with Gasteiger partial charge in [0.2, 0.25) is 11.9 Å². The second-order valence-corrected chi connectivity index (χ2v) is 13.5. The average Bonchev–Trinajstić information content (AvgIpc) is 3.60. The first-order valence-electron chi connectivity index (χ1n) is 12.5. The lowest BCUT2D eigenvalue weighted by Crippen LogP contribution is -2.35. The maximum Gasteiger partial charge on any atom is 0.225 e. The molecular formula is C25H29BrN8O3S2. The fourth-order valence-electron chi connectivity index (χ4n) is 5.06. The highest BCUT2D eigenvalue weighted by molar-refractivity contribution is 9.10. The van der Waals surface area contributed by atoms with Crippen LogP contribution in [0.5, 0.6) is 0 Å². The van der Waals surface area contributed by atoms with Crippen molar-refractivity contribution in [3.05, 3.63) is 39.6 Å². The number of aryl methyl sites for hydroxylation is 1. The van der Waals surface area contributed by atoms with Crippen molar-refractivity contribution >= 4 is 60.9 Å². The van der Waals surface area contributed by atoms with Crippen LogP contribution in [0.4, 0.5) is 5.95 Å². The molecule has 0 spiro atoms. The van der Waals surface area contributed by atoms with Crippen molar-refractivity contribution in [2.75, 3.05) is 12.4 Å². The van der Waals surface area contributed by atoms with Gasteiger partial charge in [-0.3, -0.25) is 4.79 Å². The number of anilines is 1. The fourth-order valence-corrected chi connectivity index (χ4v) is 6.60. The molecule has 206 valence electrons. The predicted octanol–water partition coefficient (Wildman–Crippen LogP) is 3.66. The van der Waals surface area contributed by atoms with Crippen molar-refractivity contribution in [3.63, 3.8) is 0 Å². The molecule has 14 heteroatoms. The Bertz CT molecular complexity index is 1630. The van der Waals surface area contributed by atoms with Crippen LogP contribution in [0.25, 0.3) is 27.3 Å². The number of carbonyl (C=O) groups excluding carboxylic acids is 1. The molecule has 4 aromatic rings. The smallest absolute Gasteiger partial charge is 0.225 e. The lowest BCUT2D eigenvalue weighted by atomic mass is 9.87. The van der Waals surface area contributed by atoms with Gasteiger partial charge in [0.15, 0.2) is 5.65 Å². The standard InChI is InChI=1S/C25H29BrN8O3S2/c1-13(39(36)37)9-15-10-17(5-6-18(15)22-32-31-14(2)38-22)34-21-19(20(26)33-34)12-28-24(30-21)29-16-7-8-25(3,11-16)23(35)27-4/h5-6,10,12-13,16,39H,7-9,11H2,1-4H3,(H,27,35)(H,28,29,30)/t13?,16-,25-/m1/s1. The van der Waals surface area contributed by atoms with Crippen LogP contribution in [0, 0.1) is 12.3 Å². The minimum atomic E-state index is -2.59. The third-order valence-corrected chi connectivity index (χ3v) is 9.55. The number of hydrogen-bond acceptors (Lipinski definition) is 10. The maximum atomic E-state index is 12.3. The van der Waals surface area contributed by atoms with Crippen LogP contribution in [-0.2, 0) is 21.9 Å². The molecule has 1 amide bonds. The molecule has 3 heterocycles. The van der Waals surface area contributed by atoms with Gasteiger partial charge in [0.1, 0.15) is 25.3 Å². The van der Waals surface area contributed by atoms with Crippen molar-refractivity contribution in [3.8, 4) is 16.3 Å². The van der Waals surface area contributed by atoms with E-state index < -0.39 is 21.4 Å². The van der Waals surface area contributed by atoms with E-state index in [1.807, 2.05) is 32.0 Å². The van der Waals surface area contributed by atoms with E-state index in [1.165, 1.54) is 11.3 Å². The zero-order chi connectivity index (χ0) is 27.9. The molecule has 0 radical (unpaired) electrons. The topological polar surface area (TPSA) is 145 Å². The van der Waals surface area contributed by atoms with E-state index >= 15 is 0 Å². The number of nitrogens with zero attached hydrogens (tertiary/aromatic N) is 6. The Hall–Kier alpha value is -2.97. The molecule has 1 aliphatic carbocycles. The number of aromatic nitrogens is 6. The molecule has 1 fully saturated rings. The van der Waals surface area contributed by atoms with E-state index in [2.05, 4.69) is 46.8 Å². The van der Waals surface area contributed by atoms with Gasteiger partial charge in [-0.2, -0.15) is 10.1 Å². The highest BCUT2D eigenvalue weighted by Gasteiger charge is 2.41. The first kappa shape index (κ1) is 27.6. The van der Waals surface area contributed by atoms with Crippen molar-refractivity contribution in [1.29, 1.82) is 0 Å². The molecule has 1 aliphatic rings. The van der Waals surface area contributed by atoms with Gasteiger partial charge in [-0.15, -0.1) is 10.2 Å². The highest BCUT2D eigenvalue weighted by Crippen LogP contribution is 2.39. The number of amides is 1. The number of fused-ring (bicyclic) bond motifs is 1. The molecule has 3 aromatic heterocycles. The van der Waals surface area contributed by atoms with Gasteiger partial charge in [0.05, 0.1) is 16.3 Å². The molecule has 1 aromatic carbocycles. The summed E-state index contributed by atoms with van der Waals surface area (Å²) in [5.41, 5.74) is 2.59. The van der Waals surface area contributed by atoms with Crippen molar-refractivity contribution in [1.82, 2.24) is 35.3 Å². The van der Waals surface area contributed by atoms with Crippen LogP contribution in [0.1, 0.15) is 43.7 Å². The van der Waals surface area contributed by atoms with E-state index in [4.69, 9.17) is 4.98 Å². The molecule has 2 N–H and O–H groups in total. The number of thiol groups is 1. The molecule has 0 bridgehead atoms. The molecule has 39 heavy (non-hydrogen) atoms. The first-order valence-corrected chi connectivity index (χ1v) is 15.4. The fraction of sp³-hybridized carbons (Fsp3) is 0.440. The predicted molar refractivity (Wildman–Crippen MR) is 155 cm³/mol. The van der Waals surface area contributed by atoms with Crippen LogP contribution in [0.3, 0.4) is 0 Å². The van der Waals surface area contributed by atoms with Gasteiger partial charge in [-0.1, -0.05) is 18.3 Å². The minimum absolute atomic E-state index is 0.0453. The summed E-state index contributed by atoms with van der Waals surface area (Å²) in [5.74, 6) is 0.504. The molecule has 1 unspecified atom stereocenters. The summed E-state index contributed by atoms with van der Waals surface area (Å²) in [5, 5.41) is 21.0. The normalized spacial score (nSPS) is 20.0. The number of carbonyl (C=O) groups is 1. The number of halogens is 1. The average molecular weight is 634 g/mol. The van der Waals surface area contributed by atoms with Crippen molar-refractivity contribution in [2.24, 2.45) is 5.41 Å². The van der Waals surface area contributed by atoms with Crippen LogP contribution in [0.15, 0.2) is 29.0 Å². The number of benzene rings is 1. The Balaban J connectivity index is 1.51. The highest BCUT2D eigenvalue weighted by atomic mass is 79.9. The second-order valence-electron chi connectivity index (χ2n) is 10.2. The zero-order valence-electron chi connectivity index (χ0n) is 21.9. The van der Waals surface area contributed by atoms with E-state index in [0.29, 0.717) is 29.0 Å². The summed E-state index contributed by atoms with van der Waals surface area (Å²) < 4.78 is 25.7. The largest absolute Gasteiger partial charge is 0.359 e. The molecule has 0 saturated heterocycles. The summed E-state index contributed by atoms with van der Waals surface area (Å²) in [6, 6.07) is 5.84. The Morgan fingerprint density at radius 1 is 1.33 bits per heavy atom. The van der Waals surface area contributed by atoms with Crippen molar-refractivity contribution < 1.29 is 13.2 Å². The molecule has 5 rings (SSSR count). The molecule has 3 atom stereocenters. The molecule has 1 saturated carbocycles. The van der Waals surface area contributed by atoms with Gasteiger partial charge in [-0.05, 0) is 79.2 Å². The van der Waals surface area contributed by atoms with Gasteiger partial charge in [0.25, 0.3) is 0 Å². The molecule has 11 nitrogen and oxygen atoms in total. The van der Waals surface area contributed by atoms with Crippen molar-refractivity contribution in [2.45, 2.75) is 57.7 Å². The zero-order valence-corrected chi connectivity index (χ0v) is 25.2. The SMILES string of the molecule is CNC(=O)[C@]1(C)CC[C@@H](Nc2ncc3c(Br)nn(-c4ccc(-c5nnc(C)s5)c(CC(C)[SH](=O)=O)c4)c3n2)C1. The lowest BCUT2D eigenvalue weighted by Gasteiger charge is -2.22. The summed E-state index contributed by atoms with van der Waals surface area (Å²) in [4.78, 5) is 21.6. The van der Waals surface area contributed by atoms with E-state index in [1.54, 1.807) is 24.9 Å². The van der Waals surface area contributed by atoms with E-state index in [9.17, 15) is 13.2 Å². The quantitative estimate of drug-likeness (QED) is 0.248. The Kier molecular flexibility index (Phi) is 7.71. The summed E-state index contributed by atoms with van der Waals surface area (Å²) in [7, 11) is -0.925. The Morgan fingerprint density at radius 3 is 2.82 bits per heavy atom. The van der Waals surface area contributed by atoms with Crippen LogP contribution in [-0.4, -0.2) is 62.6 Å². The van der Waals surface area contributed by atoms with E-state index in [-0.39, 0.29) is 11.9 Å². The molecular weight excluding hydrogens is 604 g/mol. The maximum absolute atomic E-state index is 12.3. The third-order valence-electron chi connectivity index (χ3n) is 7.19. The van der Waals surface area contributed by atoms with Crippen LogP contribution in [0.2, 0.25) is 0 Å². The summed E-state index contributed by atoms with van der Waals surface area (Å²) in [6.07, 6.45) is 4.35. The Morgan fingerprint density at radius 2 is 2.13 bits per heavy atom. The third kappa shape index (κ3) is 5.54. The first-order chi connectivity index (χ1) is 18.6. The number of hydrogen-bond donors (Lipinski definition) is 3. The van der Waals surface area contributed by atoms with Gasteiger partial charge >= 0.3 is 0 Å². The van der Waals surface area contributed by atoms with E-state index in [0.717, 1.165) is 45.1 Å². The Labute approximate surface area is 239 Å². The summed E-state index contributed by atoms with van der Waals surface area (Å²) >= 11 is 4.99. The van der Waals surface area contributed by atoms with Gasteiger partial charge in [-0.25, -0.2) is 18.1 Å². The number of nitrogens with one attached hydrogen (secondary N) is 2. The molecule has 0 aliphatic heterocycles. The second kappa shape index (κ2) is 10.9. The number of rotatable bonds is 8. The van der Waals surface area contributed by atoms with Crippen LogP contribution >= 0.6 is 27.3 Å². The monoisotopic (exact) mass is 632 g/mol. The van der Waals surface area contributed by atoms with Gasteiger partial charge < -0.3 is 10.6 Å². The van der Waals surface area contributed by atoms with Gasteiger partial charge in [0, 0.05) is 30.3 Å². The minimum Gasteiger partial charge on any atom is -0.359 e. The summed E-state index contributed by atoms with van der Waals surface area (Å²) in [6.45, 7) is 5.56. The lowest BCUT2D eigenvalue weighted by molar-refractivity contribution is -0.129. The van der Waals surface area contributed by atoms with Crippen LogP contribution < -0.4 is 10.6 Å².